The second kappa shape index (κ2) is 13.2. The SMILES string of the molecule is C[C@@H]1[C@@H](C(C)(C)F)[C@H](CC(=O)N(CCO)Cc2ccccc2)O[C@@]12C(=O)N(Cc1ccc(N3CCCCC3=O)cc1)c1ccccc12. The van der Waals surface area contributed by atoms with E-state index in [9.17, 15) is 19.5 Å². The molecule has 3 amide bonds. The normalized spacial score (nSPS) is 24.2. The maximum absolute atomic E-state index is 16.1. The van der Waals surface area contributed by atoms with Crippen molar-refractivity contribution < 1.29 is 28.6 Å². The van der Waals surface area contributed by atoms with Crippen LogP contribution in [0.3, 0.4) is 0 Å². The van der Waals surface area contributed by atoms with Crippen LogP contribution in [-0.4, -0.2) is 59.2 Å². The van der Waals surface area contributed by atoms with Crippen LogP contribution in [0, 0.1) is 11.8 Å². The molecule has 4 atom stereocenters. The van der Waals surface area contributed by atoms with Gasteiger partial charge in [-0.05, 0) is 56.0 Å². The summed E-state index contributed by atoms with van der Waals surface area (Å²) in [7, 11) is 0. The van der Waals surface area contributed by atoms with Crippen molar-refractivity contribution in [2.75, 3.05) is 29.5 Å². The molecule has 0 aliphatic carbocycles. The zero-order chi connectivity index (χ0) is 33.3. The summed E-state index contributed by atoms with van der Waals surface area (Å²) >= 11 is 0. The van der Waals surface area contributed by atoms with Crippen LogP contribution >= 0.6 is 0 Å². The van der Waals surface area contributed by atoms with Crippen LogP contribution in [0.1, 0.15) is 63.1 Å². The van der Waals surface area contributed by atoms with Gasteiger partial charge in [-0.1, -0.05) is 67.6 Å². The minimum Gasteiger partial charge on any atom is -0.395 e. The van der Waals surface area contributed by atoms with Gasteiger partial charge in [0.25, 0.3) is 5.91 Å². The van der Waals surface area contributed by atoms with E-state index < -0.39 is 29.2 Å². The predicted octanol–water partition coefficient (Wildman–Crippen LogP) is 5.76. The molecule has 3 aromatic carbocycles. The van der Waals surface area contributed by atoms with Crippen molar-refractivity contribution in [2.45, 2.75) is 76.9 Å². The molecule has 9 heteroatoms. The van der Waals surface area contributed by atoms with E-state index in [-0.39, 0.29) is 43.8 Å². The third-order valence-electron chi connectivity index (χ3n) is 10.1. The van der Waals surface area contributed by atoms with E-state index in [1.54, 1.807) is 9.80 Å². The number of nitrogens with zero attached hydrogens (tertiary/aromatic N) is 3. The highest BCUT2D eigenvalue weighted by molar-refractivity contribution is 6.07. The molecule has 1 spiro atoms. The van der Waals surface area contributed by atoms with E-state index in [2.05, 4.69) is 0 Å². The minimum absolute atomic E-state index is 0.122. The largest absolute Gasteiger partial charge is 0.395 e. The van der Waals surface area contributed by atoms with Gasteiger partial charge in [-0.3, -0.25) is 14.4 Å². The number of rotatable bonds is 10. The van der Waals surface area contributed by atoms with E-state index in [4.69, 9.17) is 4.74 Å². The van der Waals surface area contributed by atoms with Gasteiger partial charge in [-0.2, -0.15) is 0 Å². The summed E-state index contributed by atoms with van der Waals surface area (Å²) in [6, 6.07) is 24.7. The van der Waals surface area contributed by atoms with E-state index in [1.807, 2.05) is 90.7 Å². The molecule has 1 N–H and O–H groups in total. The molecule has 2 saturated heterocycles. The smallest absolute Gasteiger partial charge is 0.264 e. The molecule has 0 aromatic heterocycles. The Hall–Kier alpha value is -4.08. The maximum atomic E-state index is 16.1. The number of piperidine rings is 1. The lowest BCUT2D eigenvalue weighted by Gasteiger charge is -2.32. The van der Waals surface area contributed by atoms with Crippen LogP contribution in [0.2, 0.25) is 0 Å². The molecule has 0 bridgehead atoms. The molecule has 6 rings (SSSR count). The van der Waals surface area contributed by atoms with Crippen molar-refractivity contribution in [3.8, 4) is 0 Å². The molecule has 0 unspecified atom stereocenters. The molecule has 3 aromatic rings. The number of halogens is 1. The molecule has 0 radical (unpaired) electrons. The summed E-state index contributed by atoms with van der Waals surface area (Å²) in [5.74, 6) is -1.75. The van der Waals surface area contributed by atoms with Gasteiger partial charge in [0.2, 0.25) is 11.8 Å². The number of anilines is 2. The Labute approximate surface area is 276 Å². The molecule has 47 heavy (non-hydrogen) atoms. The molecular formula is C38H44FN3O5. The zero-order valence-corrected chi connectivity index (χ0v) is 27.4. The molecule has 3 aliphatic rings. The lowest BCUT2D eigenvalue weighted by Crippen LogP contribution is -2.45. The quantitative estimate of drug-likeness (QED) is 0.304. The van der Waals surface area contributed by atoms with E-state index in [0.717, 1.165) is 29.7 Å². The maximum Gasteiger partial charge on any atom is 0.264 e. The third-order valence-corrected chi connectivity index (χ3v) is 10.1. The van der Waals surface area contributed by atoms with E-state index in [0.29, 0.717) is 30.8 Å². The van der Waals surface area contributed by atoms with Crippen molar-refractivity contribution in [3.05, 3.63) is 95.6 Å². The summed E-state index contributed by atoms with van der Waals surface area (Å²) in [5, 5.41) is 9.75. The van der Waals surface area contributed by atoms with Gasteiger partial charge in [0, 0.05) is 49.1 Å². The number of hydrogen-bond acceptors (Lipinski definition) is 5. The Morgan fingerprint density at radius 2 is 1.70 bits per heavy atom. The second-order valence-electron chi connectivity index (χ2n) is 13.6. The number of fused-ring (bicyclic) bond motifs is 2. The lowest BCUT2D eigenvalue weighted by atomic mass is 9.71. The number of carbonyl (C=O) groups is 3. The van der Waals surface area contributed by atoms with Gasteiger partial charge in [-0.15, -0.1) is 0 Å². The van der Waals surface area contributed by atoms with Crippen molar-refractivity contribution in [2.24, 2.45) is 11.8 Å². The molecule has 3 aliphatic heterocycles. The first-order valence-corrected chi connectivity index (χ1v) is 16.6. The fourth-order valence-corrected chi connectivity index (χ4v) is 7.92. The molecular weight excluding hydrogens is 597 g/mol. The standard InChI is InChI=1S/C38H44FN3O5/c1-26-35(37(2,3)39)32(23-34(45)40(21-22-43)24-27-11-5-4-6-12-27)47-38(26)30-13-7-8-14-31(30)42(36(38)46)25-28-16-18-29(19-17-28)41-20-10-9-15-33(41)44/h4-8,11-14,16-19,26,32,35,43H,9-10,15,20-25H2,1-3H3/t26-,32+,35-,38+/m1/s1. The van der Waals surface area contributed by atoms with Crippen molar-refractivity contribution in [1.82, 2.24) is 4.90 Å². The second-order valence-corrected chi connectivity index (χ2v) is 13.6. The molecule has 3 heterocycles. The monoisotopic (exact) mass is 641 g/mol. The summed E-state index contributed by atoms with van der Waals surface area (Å²) in [4.78, 5) is 45.9. The molecule has 248 valence electrons. The van der Waals surface area contributed by atoms with Crippen LogP contribution in [-0.2, 0) is 37.8 Å². The molecule has 2 fully saturated rings. The van der Waals surface area contributed by atoms with Gasteiger partial charge in [0.1, 0.15) is 5.67 Å². The predicted molar refractivity (Wildman–Crippen MR) is 178 cm³/mol. The third kappa shape index (κ3) is 6.19. The average molecular weight is 642 g/mol. The highest BCUT2D eigenvalue weighted by Gasteiger charge is 2.66. The van der Waals surface area contributed by atoms with Crippen LogP contribution < -0.4 is 9.80 Å². The number of aliphatic hydroxyl groups is 1. The Morgan fingerprint density at radius 1 is 1.00 bits per heavy atom. The van der Waals surface area contributed by atoms with Crippen LogP contribution in [0.4, 0.5) is 15.8 Å². The Kier molecular flexibility index (Phi) is 9.23. The van der Waals surface area contributed by atoms with Crippen molar-refractivity contribution in [3.63, 3.8) is 0 Å². The summed E-state index contributed by atoms with van der Waals surface area (Å²) in [6.07, 6.45) is 1.45. The first-order chi connectivity index (χ1) is 22.5. The van der Waals surface area contributed by atoms with Gasteiger partial charge >= 0.3 is 0 Å². The first kappa shape index (κ1) is 32.8. The van der Waals surface area contributed by atoms with Gasteiger partial charge < -0.3 is 24.5 Å². The summed E-state index contributed by atoms with van der Waals surface area (Å²) in [5.41, 5.74) is 0.815. The number of aliphatic hydroxyl groups excluding tert-OH is 1. The van der Waals surface area contributed by atoms with Gasteiger partial charge in [0.15, 0.2) is 5.60 Å². The highest BCUT2D eigenvalue weighted by atomic mass is 19.1. The molecule has 8 nitrogen and oxygen atoms in total. The first-order valence-electron chi connectivity index (χ1n) is 16.6. The van der Waals surface area contributed by atoms with Crippen LogP contribution in [0.25, 0.3) is 0 Å². The number of para-hydroxylation sites is 1. The average Bonchev–Trinajstić information content (AvgIpc) is 3.48. The Balaban J connectivity index is 1.28. The van der Waals surface area contributed by atoms with Gasteiger partial charge in [0.05, 0.1) is 31.4 Å². The zero-order valence-electron chi connectivity index (χ0n) is 27.4. The topological polar surface area (TPSA) is 90.4 Å². The lowest BCUT2D eigenvalue weighted by molar-refractivity contribution is -0.150. The van der Waals surface area contributed by atoms with Crippen LogP contribution in [0.15, 0.2) is 78.9 Å². The van der Waals surface area contributed by atoms with Crippen molar-refractivity contribution >= 4 is 29.1 Å². The number of carbonyl (C=O) groups excluding carboxylic acids is 3. The van der Waals surface area contributed by atoms with E-state index >= 15 is 4.39 Å². The van der Waals surface area contributed by atoms with Gasteiger partial charge in [-0.25, -0.2) is 4.39 Å². The highest BCUT2D eigenvalue weighted by Crippen LogP contribution is 2.58. The number of alkyl halides is 1. The summed E-state index contributed by atoms with van der Waals surface area (Å²) in [6.45, 7) is 6.03. The van der Waals surface area contributed by atoms with Crippen LogP contribution in [0.5, 0.6) is 0 Å². The Bertz CT molecular complexity index is 1610. The fourth-order valence-electron chi connectivity index (χ4n) is 7.92. The minimum atomic E-state index is -1.75. The van der Waals surface area contributed by atoms with Crippen molar-refractivity contribution in [1.29, 1.82) is 0 Å². The Morgan fingerprint density at radius 3 is 2.38 bits per heavy atom. The number of hydrogen-bond donors (Lipinski definition) is 1. The number of benzene rings is 3. The number of ether oxygens (including phenoxy) is 1. The summed E-state index contributed by atoms with van der Waals surface area (Å²) < 4.78 is 22.9. The fraction of sp³-hybridized carbons (Fsp3) is 0.447. The van der Waals surface area contributed by atoms with E-state index in [1.165, 1.54) is 13.8 Å². The molecule has 0 saturated carbocycles. The number of amides is 3.